The molecule has 1 aliphatic carbocycles. The van der Waals surface area contributed by atoms with Crippen LogP contribution in [0.15, 0.2) is 72.8 Å². The Morgan fingerprint density at radius 3 is 2.47 bits per heavy atom. The maximum Gasteiger partial charge on any atom is 0.325 e. The number of halogens is 2. The smallest absolute Gasteiger partial charge is 0.325 e. The second-order valence-electron chi connectivity index (χ2n) is 9.67. The molecule has 1 aliphatic heterocycles. The van der Waals surface area contributed by atoms with Crippen molar-refractivity contribution in [3.8, 4) is 5.75 Å². The van der Waals surface area contributed by atoms with Gasteiger partial charge in [-0.2, -0.15) is 0 Å². The fraction of sp³-hybridized carbons (Fsp3) is 0.276. The van der Waals surface area contributed by atoms with Crippen LogP contribution in [0.5, 0.6) is 5.75 Å². The van der Waals surface area contributed by atoms with Crippen molar-refractivity contribution in [1.82, 2.24) is 10.2 Å². The van der Waals surface area contributed by atoms with Crippen LogP contribution in [0.4, 0.5) is 14.9 Å². The molecule has 196 valence electrons. The van der Waals surface area contributed by atoms with Crippen LogP contribution in [0.25, 0.3) is 0 Å². The monoisotopic (exact) mass is 627 g/mol. The number of carbonyl (C=O) groups excluding carboxylic acids is 3. The molecular weight excluding hydrogens is 600 g/mol. The minimum absolute atomic E-state index is 0.0222. The van der Waals surface area contributed by atoms with E-state index in [4.69, 9.17) is 4.74 Å². The molecule has 7 nitrogen and oxygen atoms in total. The molecule has 3 atom stereocenters. The van der Waals surface area contributed by atoms with Gasteiger partial charge in [0.1, 0.15) is 23.7 Å². The van der Waals surface area contributed by atoms with Crippen molar-refractivity contribution < 1.29 is 23.5 Å². The molecule has 0 aromatic heterocycles. The van der Waals surface area contributed by atoms with Gasteiger partial charge in [0.05, 0.1) is 12.3 Å². The van der Waals surface area contributed by atoms with Gasteiger partial charge in [0.25, 0.3) is 5.91 Å². The Labute approximate surface area is 233 Å². The number of amides is 4. The maximum absolute atomic E-state index is 14.6. The number of ether oxygens (including phenoxy) is 1. The molecule has 2 N–H and O–H groups in total. The zero-order valence-corrected chi connectivity index (χ0v) is 22.9. The molecule has 38 heavy (non-hydrogen) atoms. The highest BCUT2D eigenvalue weighted by atomic mass is 127. The van der Waals surface area contributed by atoms with E-state index in [0.717, 1.165) is 10.5 Å². The summed E-state index contributed by atoms with van der Waals surface area (Å²) in [7, 11) is 0. The van der Waals surface area contributed by atoms with E-state index in [2.05, 4.69) is 10.6 Å². The SMILES string of the molecule is C[C@@H](c1ccccc1)[C@@H](C(=O)Nc1ccc(I)cc1F)N1C(=O)NC(c2ccc(OCC3CC3)cc2)C1=O. The van der Waals surface area contributed by atoms with Crippen molar-refractivity contribution in [1.29, 1.82) is 0 Å². The predicted molar refractivity (Wildman–Crippen MR) is 149 cm³/mol. The number of anilines is 1. The average molecular weight is 627 g/mol. The van der Waals surface area contributed by atoms with Gasteiger partial charge in [-0.3, -0.25) is 9.59 Å². The maximum atomic E-state index is 14.6. The highest BCUT2D eigenvalue weighted by Gasteiger charge is 2.47. The van der Waals surface area contributed by atoms with E-state index in [1.54, 1.807) is 37.3 Å². The Balaban J connectivity index is 1.41. The minimum atomic E-state index is -1.21. The molecule has 0 radical (unpaired) electrons. The van der Waals surface area contributed by atoms with Gasteiger partial charge in [-0.15, -0.1) is 0 Å². The number of hydrogen-bond donors (Lipinski definition) is 2. The molecule has 0 bridgehead atoms. The molecule has 1 unspecified atom stereocenters. The van der Waals surface area contributed by atoms with Crippen molar-refractivity contribution in [3.63, 3.8) is 0 Å². The van der Waals surface area contributed by atoms with E-state index < -0.39 is 41.7 Å². The lowest BCUT2D eigenvalue weighted by Gasteiger charge is -2.30. The minimum Gasteiger partial charge on any atom is -0.493 e. The number of benzene rings is 3. The molecule has 5 rings (SSSR count). The van der Waals surface area contributed by atoms with Crippen LogP contribution < -0.4 is 15.4 Å². The Morgan fingerprint density at radius 1 is 1.11 bits per heavy atom. The molecule has 4 amide bonds. The summed E-state index contributed by atoms with van der Waals surface area (Å²) in [6.45, 7) is 2.44. The standard InChI is InChI=1S/C29H27FIN3O4/c1-17(19-5-3-2-4-6-19)26(27(35)32-24-14-11-21(31)15-23(24)30)34-28(36)25(33-29(34)37)20-9-12-22(13-10-20)38-16-18-7-8-18/h2-6,9-15,17-18,25-26H,7-8,16H2,1H3,(H,32,35)(H,33,37)/t17-,25?,26-/m0/s1. The number of imide groups is 1. The predicted octanol–water partition coefficient (Wildman–Crippen LogP) is 5.62. The quantitative estimate of drug-likeness (QED) is 0.238. The Kier molecular flexibility index (Phi) is 7.64. The molecule has 1 saturated carbocycles. The van der Waals surface area contributed by atoms with Crippen LogP contribution in [-0.4, -0.2) is 35.4 Å². The molecule has 1 saturated heterocycles. The van der Waals surface area contributed by atoms with Gasteiger partial charge in [0.2, 0.25) is 5.91 Å². The molecular formula is C29H27FIN3O4. The van der Waals surface area contributed by atoms with Crippen LogP contribution in [0.1, 0.15) is 42.9 Å². The number of hydrogen-bond acceptors (Lipinski definition) is 4. The van der Waals surface area contributed by atoms with Crippen LogP contribution in [0.2, 0.25) is 0 Å². The summed E-state index contributed by atoms with van der Waals surface area (Å²) in [5.74, 6) is -1.06. The highest BCUT2D eigenvalue weighted by Crippen LogP contribution is 2.33. The van der Waals surface area contributed by atoms with E-state index in [-0.39, 0.29) is 5.69 Å². The van der Waals surface area contributed by atoms with Crippen LogP contribution >= 0.6 is 22.6 Å². The van der Waals surface area contributed by atoms with Crippen LogP contribution in [0.3, 0.4) is 0 Å². The van der Waals surface area contributed by atoms with Crippen molar-refractivity contribution in [2.24, 2.45) is 5.92 Å². The van der Waals surface area contributed by atoms with E-state index in [0.29, 0.717) is 27.4 Å². The van der Waals surface area contributed by atoms with E-state index in [9.17, 15) is 18.8 Å². The summed E-state index contributed by atoms with van der Waals surface area (Å²) in [6, 6.07) is 17.7. The summed E-state index contributed by atoms with van der Waals surface area (Å²) < 4.78 is 21.0. The van der Waals surface area contributed by atoms with Crippen molar-refractivity contribution >= 4 is 46.1 Å². The number of nitrogens with zero attached hydrogens (tertiary/aromatic N) is 1. The van der Waals surface area contributed by atoms with Gasteiger partial charge in [-0.25, -0.2) is 14.1 Å². The van der Waals surface area contributed by atoms with Crippen LogP contribution in [-0.2, 0) is 9.59 Å². The molecule has 2 aliphatic rings. The Morgan fingerprint density at radius 2 is 1.82 bits per heavy atom. The molecule has 9 heteroatoms. The molecule has 0 spiro atoms. The summed E-state index contributed by atoms with van der Waals surface area (Å²) in [6.07, 6.45) is 2.37. The first-order valence-electron chi connectivity index (χ1n) is 12.5. The molecule has 1 heterocycles. The third-order valence-electron chi connectivity index (χ3n) is 6.90. The Hall–Kier alpha value is -3.47. The zero-order chi connectivity index (χ0) is 26.8. The summed E-state index contributed by atoms with van der Waals surface area (Å²) in [5.41, 5.74) is 1.32. The van der Waals surface area contributed by atoms with Crippen molar-refractivity contribution in [2.75, 3.05) is 11.9 Å². The van der Waals surface area contributed by atoms with E-state index >= 15 is 0 Å². The zero-order valence-electron chi connectivity index (χ0n) is 20.7. The van der Waals surface area contributed by atoms with Gasteiger partial charge in [0.15, 0.2) is 0 Å². The lowest BCUT2D eigenvalue weighted by Crippen LogP contribution is -2.50. The Bertz CT molecular complexity index is 1350. The van der Waals surface area contributed by atoms with Crippen molar-refractivity contribution in [2.45, 2.75) is 37.8 Å². The van der Waals surface area contributed by atoms with E-state index in [1.807, 2.05) is 52.9 Å². The number of rotatable bonds is 9. The third-order valence-corrected chi connectivity index (χ3v) is 7.57. The number of nitrogens with one attached hydrogen (secondary N) is 2. The lowest BCUT2D eigenvalue weighted by atomic mass is 9.91. The first-order valence-corrected chi connectivity index (χ1v) is 13.6. The number of carbonyl (C=O) groups is 3. The average Bonchev–Trinajstić information content (AvgIpc) is 3.70. The summed E-state index contributed by atoms with van der Waals surface area (Å²) in [5, 5.41) is 5.30. The number of urea groups is 1. The summed E-state index contributed by atoms with van der Waals surface area (Å²) >= 11 is 1.98. The normalized spacial score (nSPS) is 18.6. The van der Waals surface area contributed by atoms with Crippen LogP contribution in [0, 0.1) is 15.3 Å². The fourth-order valence-electron chi connectivity index (χ4n) is 4.54. The molecule has 3 aromatic rings. The second kappa shape index (κ2) is 11.1. The van der Waals surface area contributed by atoms with Gasteiger partial charge >= 0.3 is 6.03 Å². The van der Waals surface area contributed by atoms with Gasteiger partial charge in [-0.05, 0) is 82.8 Å². The fourth-order valence-corrected chi connectivity index (χ4v) is 5.00. The van der Waals surface area contributed by atoms with Gasteiger partial charge in [-0.1, -0.05) is 49.4 Å². The first-order chi connectivity index (χ1) is 18.3. The van der Waals surface area contributed by atoms with E-state index in [1.165, 1.54) is 25.0 Å². The van der Waals surface area contributed by atoms with Gasteiger partial charge in [0, 0.05) is 9.49 Å². The topological polar surface area (TPSA) is 87.7 Å². The second-order valence-corrected chi connectivity index (χ2v) is 10.9. The summed E-state index contributed by atoms with van der Waals surface area (Å²) in [4.78, 5) is 41.4. The first kappa shape index (κ1) is 26.1. The lowest BCUT2D eigenvalue weighted by molar-refractivity contribution is -0.134. The van der Waals surface area contributed by atoms with Gasteiger partial charge < -0.3 is 15.4 Å². The third kappa shape index (κ3) is 5.67. The highest BCUT2D eigenvalue weighted by molar-refractivity contribution is 14.1. The van der Waals surface area contributed by atoms with Crippen molar-refractivity contribution in [3.05, 3.63) is 93.3 Å². The molecule has 3 aromatic carbocycles. The largest absolute Gasteiger partial charge is 0.493 e. The molecule has 2 fully saturated rings.